The first-order valence-electron chi connectivity index (χ1n) is 5.87. The summed E-state index contributed by atoms with van der Waals surface area (Å²) in [7, 11) is 0. The predicted octanol–water partition coefficient (Wildman–Crippen LogP) is -0.0749. The van der Waals surface area contributed by atoms with Gasteiger partial charge in [0.1, 0.15) is 0 Å². The second-order valence-corrected chi connectivity index (χ2v) is 4.62. The third-order valence-electron chi connectivity index (χ3n) is 2.51. The van der Waals surface area contributed by atoms with Crippen molar-refractivity contribution in [2.45, 2.75) is 20.0 Å². The Morgan fingerprint density at radius 1 is 1.27 bits per heavy atom. The molecule has 1 aliphatic rings. The molecule has 1 fully saturated rings. The Labute approximate surface area is 92.6 Å². The molecule has 0 spiro atoms. The van der Waals surface area contributed by atoms with Gasteiger partial charge in [0.15, 0.2) is 0 Å². The van der Waals surface area contributed by atoms with E-state index in [0.29, 0.717) is 12.5 Å². The van der Waals surface area contributed by atoms with Gasteiger partial charge < -0.3 is 15.2 Å². The number of β-amino-alcohol motifs (C(OH)–C–C–N with tert-alkyl or cyclic N) is 1. The molecule has 4 heteroatoms. The quantitative estimate of drug-likeness (QED) is 0.652. The Morgan fingerprint density at radius 2 is 1.93 bits per heavy atom. The highest BCUT2D eigenvalue weighted by atomic mass is 16.5. The van der Waals surface area contributed by atoms with E-state index in [0.717, 1.165) is 39.4 Å². The summed E-state index contributed by atoms with van der Waals surface area (Å²) in [5, 5.41) is 13.0. The standard InChI is InChI=1S/C11H24N2O2/c1-10(2)7-12-8-11(14)9-13-3-5-15-6-4-13/h10-12,14H,3-9H2,1-2H3. The number of nitrogens with one attached hydrogen (secondary N) is 1. The molecule has 1 atom stereocenters. The molecular formula is C11H24N2O2. The van der Waals surface area contributed by atoms with Gasteiger partial charge in [-0.3, -0.25) is 4.90 Å². The minimum Gasteiger partial charge on any atom is -0.390 e. The van der Waals surface area contributed by atoms with Crippen LogP contribution in [-0.2, 0) is 4.74 Å². The minimum atomic E-state index is -0.262. The Balaban J connectivity index is 2.03. The van der Waals surface area contributed by atoms with E-state index in [9.17, 15) is 5.11 Å². The lowest BCUT2D eigenvalue weighted by atomic mass is 10.2. The predicted molar refractivity (Wildman–Crippen MR) is 61.0 cm³/mol. The van der Waals surface area contributed by atoms with E-state index in [1.54, 1.807) is 0 Å². The molecule has 0 amide bonds. The van der Waals surface area contributed by atoms with Crippen LogP contribution in [0.4, 0.5) is 0 Å². The van der Waals surface area contributed by atoms with E-state index in [-0.39, 0.29) is 6.10 Å². The monoisotopic (exact) mass is 216 g/mol. The minimum absolute atomic E-state index is 0.262. The maximum absolute atomic E-state index is 9.77. The Bertz CT molecular complexity index is 159. The van der Waals surface area contributed by atoms with Crippen LogP contribution in [-0.4, -0.2) is 62.0 Å². The summed E-state index contributed by atoms with van der Waals surface area (Å²) in [6, 6.07) is 0. The van der Waals surface area contributed by atoms with Crippen LogP contribution in [0.25, 0.3) is 0 Å². The van der Waals surface area contributed by atoms with E-state index in [2.05, 4.69) is 24.1 Å². The van der Waals surface area contributed by atoms with Gasteiger partial charge in [0.05, 0.1) is 19.3 Å². The summed E-state index contributed by atoms with van der Waals surface area (Å²) in [6.07, 6.45) is -0.262. The van der Waals surface area contributed by atoms with Crippen molar-refractivity contribution in [1.82, 2.24) is 10.2 Å². The fourth-order valence-corrected chi connectivity index (χ4v) is 1.68. The number of aliphatic hydroxyl groups excluding tert-OH is 1. The van der Waals surface area contributed by atoms with Crippen molar-refractivity contribution >= 4 is 0 Å². The lowest BCUT2D eigenvalue weighted by Crippen LogP contribution is -2.44. The van der Waals surface area contributed by atoms with Crippen molar-refractivity contribution in [3.05, 3.63) is 0 Å². The molecule has 1 rings (SSSR count). The second-order valence-electron chi connectivity index (χ2n) is 4.62. The molecule has 1 aliphatic heterocycles. The summed E-state index contributed by atoms with van der Waals surface area (Å²) >= 11 is 0. The van der Waals surface area contributed by atoms with E-state index in [4.69, 9.17) is 4.74 Å². The van der Waals surface area contributed by atoms with Crippen LogP contribution in [0, 0.1) is 5.92 Å². The van der Waals surface area contributed by atoms with Gasteiger partial charge in [-0.05, 0) is 12.5 Å². The number of morpholine rings is 1. The Kier molecular flexibility index (Phi) is 6.17. The Hall–Kier alpha value is -0.160. The molecule has 0 saturated carbocycles. The lowest BCUT2D eigenvalue weighted by Gasteiger charge is -2.28. The van der Waals surface area contributed by atoms with Crippen LogP contribution < -0.4 is 5.32 Å². The molecule has 15 heavy (non-hydrogen) atoms. The van der Waals surface area contributed by atoms with Gasteiger partial charge >= 0.3 is 0 Å². The summed E-state index contributed by atoms with van der Waals surface area (Å²) < 4.78 is 5.25. The van der Waals surface area contributed by atoms with Gasteiger partial charge in [-0.25, -0.2) is 0 Å². The highest BCUT2D eigenvalue weighted by Crippen LogP contribution is 1.98. The average Bonchev–Trinajstić information content (AvgIpc) is 2.18. The van der Waals surface area contributed by atoms with Crippen LogP contribution in [0.3, 0.4) is 0 Å². The molecule has 2 N–H and O–H groups in total. The van der Waals surface area contributed by atoms with Crippen LogP contribution in [0.15, 0.2) is 0 Å². The number of nitrogens with zero attached hydrogens (tertiary/aromatic N) is 1. The van der Waals surface area contributed by atoms with Gasteiger partial charge in [0.25, 0.3) is 0 Å². The smallest absolute Gasteiger partial charge is 0.0791 e. The SMILES string of the molecule is CC(C)CNCC(O)CN1CCOCC1. The van der Waals surface area contributed by atoms with Crippen molar-refractivity contribution in [3.8, 4) is 0 Å². The first-order valence-corrected chi connectivity index (χ1v) is 5.87. The number of ether oxygens (including phenoxy) is 1. The molecule has 90 valence electrons. The van der Waals surface area contributed by atoms with Gasteiger partial charge in [-0.1, -0.05) is 13.8 Å². The zero-order chi connectivity index (χ0) is 11.1. The van der Waals surface area contributed by atoms with Crippen LogP contribution in [0.1, 0.15) is 13.8 Å². The molecule has 1 unspecified atom stereocenters. The first-order chi connectivity index (χ1) is 7.18. The van der Waals surface area contributed by atoms with E-state index < -0.39 is 0 Å². The number of hydrogen-bond donors (Lipinski definition) is 2. The molecule has 1 heterocycles. The zero-order valence-corrected chi connectivity index (χ0v) is 9.91. The fraction of sp³-hybridized carbons (Fsp3) is 1.00. The highest BCUT2D eigenvalue weighted by Gasteiger charge is 2.14. The fourth-order valence-electron chi connectivity index (χ4n) is 1.68. The number of aliphatic hydroxyl groups is 1. The largest absolute Gasteiger partial charge is 0.390 e. The van der Waals surface area contributed by atoms with Gasteiger partial charge in [-0.15, -0.1) is 0 Å². The summed E-state index contributed by atoms with van der Waals surface area (Å²) in [6.45, 7) is 10.2. The molecule has 0 radical (unpaired) electrons. The molecule has 0 aromatic rings. The molecular weight excluding hydrogens is 192 g/mol. The lowest BCUT2D eigenvalue weighted by molar-refractivity contribution is 0.0149. The molecule has 0 aromatic heterocycles. The van der Waals surface area contributed by atoms with Gasteiger partial charge in [0.2, 0.25) is 0 Å². The normalized spacial score (nSPS) is 20.8. The number of hydrogen-bond acceptors (Lipinski definition) is 4. The molecule has 1 saturated heterocycles. The maximum Gasteiger partial charge on any atom is 0.0791 e. The third-order valence-corrected chi connectivity index (χ3v) is 2.51. The second kappa shape index (κ2) is 7.17. The summed E-state index contributed by atoms with van der Waals surface area (Å²) in [5.41, 5.74) is 0. The van der Waals surface area contributed by atoms with Gasteiger partial charge in [0, 0.05) is 26.2 Å². The first kappa shape index (κ1) is 12.9. The van der Waals surface area contributed by atoms with Crippen LogP contribution >= 0.6 is 0 Å². The van der Waals surface area contributed by atoms with Crippen LogP contribution in [0.2, 0.25) is 0 Å². The van der Waals surface area contributed by atoms with E-state index in [1.807, 2.05) is 0 Å². The van der Waals surface area contributed by atoms with Crippen LogP contribution in [0.5, 0.6) is 0 Å². The molecule has 0 aromatic carbocycles. The van der Waals surface area contributed by atoms with Crippen molar-refractivity contribution in [2.75, 3.05) is 45.9 Å². The maximum atomic E-state index is 9.77. The average molecular weight is 216 g/mol. The van der Waals surface area contributed by atoms with Gasteiger partial charge in [-0.2, -0.15) is 0 Å². The molecule has 0 aliphatic carbocycles. The van der Waals surface area contributed by atoms with E-state index in [1.165, 1.54) is 0 Å². The van der Waals surface area contributed by atoms with Crippen molar-refractivity contribution in [2.24, 2.45) is 5.92 Å². The zero-order valence-electron chi connectivity index (χ0n) is 9.91. The van der Waals surface area contributed by atoms with Crippen molar-refractivity contribution in [1.29, 1.82) is 0 Å². The molecule has 0 bridgehead atoms. The highest BCUT2D eigenvalue weighted by molar-refractivity contribution is 4.69. The van der Waals surface area contributed by atoms with Crippen molar-refractivity contribution in [3.63, 3.8) is 0 Å². The topological polar surface area (TPSA) is 44.7 Å². The van der Waals surface area contributed by atoms with Crippen molar-refractivity contribution < 1.29 is 9.84 Å². The van der Waals surface area contributed by atoms with E-state index >= 15 is 0 Å². The Morgan fingerprint density at radius 3 is 2.53 bits per heavy atom. The summed E-state index contributed by atoms with van der Waals surface area (Å²) in [4.78, 5) is 2.26. The molecule has 4 nitrogen and oxygen atoms in total. The third kappa shape index (κ3) is 6.10. The number of rotatable bonds is 6. The summed E-state index contributed by atoms with van der Waals surface area (Å²) in [5.74, 6) is 0.639.